The molecule has 0 saturated heterocycles. The summed E-state index contributed by atoms with van der Waals surface area (Å²) in [6, 6.07) is 8.16. The lowest BCUT2D eigenvalue weighted by Crippen LogP contribution is -2.14. The van der Waals surface area contributed by atoms with Gasteiger partial charge in [0.2, 0.25) is 0 Å². The van der Waals surface area contributed by atoms with Crippen molar-refractivity contribution < 1.29 is 4.42 Å². The zero-order chi connectivity index (χ0) is 13.1. The van der Waals surface area contributed by atoms with Crippen molar-refractivity contribution in [3.05, 3.63) is 36.2 Å². The third kappa shape index (κ3) is 2.34. The summed E-state index contributed by atoms with van der Waals surface area (Å²) < 4.78 is 7.07. The first-order chi connectivity index (χ1) is 9.38. The number of benzene rings is 1. The smallest absolute Gasteiger partial charge is 0.324 e. The van der Waals surface area contributed by atoms with Crippen LogP contribution in [0.4, 0.5) is 0 Å². The minimum Gasteiger partial charge on any atom is -0.430 e. The molecule has 6 nitrogen and oxygen atoms in total. The van der Waals surface area contributed by atoms with Crippen molar-refractivity contribution in [3.63, 3.8) is 0 Å². The number of hydrogen-bond acceptors (Lipinski definition) is 5. The van der Waals surface area contributed by atoms with E-state index >= 15 is 0 Å². The number of para-hydroxylation sites is 1. The van der Waals surface area contributed by atoms with Crippen molar-refractivity contribution in [2.24, 2.45) is 0 Å². The van der Waals surface area contributed by atoms with Crippen molar-refractivity contribution in [2.75, 3.05) is 6.54 Å². The molecule has 0 spiro atoms. The monoisotopic (exact) mass is 257 g/mol. The van der Waals surface area contributed by atoms with Gasteiger partial charge in [0.15, 0.2) is 0 Å². The van der Waals surface area contributed by atoms with Crippen LogP contribution in [0.15, 0.2) is 34.9 Å². The fraction of sp³-hybridized carbons (Fsp3) is 0.308. The van der Waals surface area contributed by atoms with E-state index in [-0.39, 0.29) is 0 Å². The Balaban J connectivity index is 1.86. The average Bonchev–Trinajstić information content (AvgIpc) is 3.05. The molecular formula is C13H15N5O. The summed E-state index contributed by atoms with van der Waals surface area (Å²) in [5, 5.41) is 11.4. The van der Waals surface area contributed by atoms with Gasteiger partial charge in [0.05, 0.1) is 11.2 Å². The Bertz CT molecular complexity index is 672. The van der Waals surface area contributed by atoms with Crippen LogP contribution >= 0.6 is 0 Å². The van der Waals surface area contributed by atoms with Gasteiger partial charge in [-0.05, 0) is 25.1 Å². The first kappa shape index (κ1) is 11.9. The van der Waals surface area contributed by atoms with Gasteiger partial charge < -0.3 is 9.73 Å². The molecule has 1 aromatic carbocycles. The van der Waals surface area contributed by atoms with Crippen LogP contribution in [0.3, 0.4) is 0 Å². The second-order valence-electron chi connectivity index (χ2n) is 4.29. The molecular weight excluding hydrogens is 242 g/mol. The van der Waals surface area contributed by atoms with E-state index in [1.165, 1.54) is 0 Å². The molecule has 6 heteroatoms. The number of nitrogens with one attached hydrogen (secondary N) is 1. The van der Waals surface area contributed by atoms with Gasteiger partial charge in [-0.2, -0.15) is 9.67 Å². The molecule has 98 valence electrons. The van der Waals surface area contributed by atoms with Crippen LogP contribution in [0.1, 0.15) is 19.0 Å². The third-order valence-corrected chi connectivity index (χ3v) is 2.81. The molecule has 1 N–H and O–H groups in total. The van der Waals surface area contributed by atoms with Crippen LogP contribution in [-0.4, -0.2) is 26.5 Å². The molecule has 0 aliphatic carbocycles. The van der Waals surface area contributed by atoms with Gasteiger partial charge in [0, 0.05) is 6.54 Å². The van der Waals surface area contributed by atoms with Gasteiger partial charge in [-0.3, -0.25) is 0 Å². The van der Waals surface area contributed by atoms with Crippen LogP contribution in [0, 0.1) is 0 Å². The Morgan fingerprint density at radius 3 is 3.11 bits per heavy atom. The van der Waals surface area contributed by atoms with Crippen LogP contribution in [-0.2, 0) is 6.54 Å². The molecule has 2 aromatic heterocycles. The zero-order valence-corrected chi connectivity index (χ0v) is 10.7. The Kier molecular flexibility index (Phi) is 3.24. The number of hydrogen-bond donors (Lipinski definition) is 1. The molecule has 19 heavy (non-hydrogen) atoms. The number of fused-ring (bicyclic) bond motifs is 1. The van der Waals surface area contributed by atoms with Crippen molar-refractivity contribution in [3.8, 4) is 6.01 Å². The Hall–Kier alpha value is -2.21. The van der Waals surface area contributed by atoms with E-state index in [0.717, 1.165) is 29.7 Å². The highest BCUT2D eigenvalue weighted by atomic mass is 16.4. The fourth-order valence-corrected chi connectivity index (χ4v) is 1.88. The second kappa shape index (κ2) is 5.19. The van der Waals surface area contributed by atoms with Crippen molar-refractivity contribution in [1.82, 2.24) is 25.3 Å². The summed E-state index contributed by atoms with van der Waals surface area (Å²) in [6.45, 7) is 3.79. The molecule has 2 heterocycles. The van der Waals surface area contributed by atoms with E-state index in [4.69, 9.17) is 4.42 Å². The number of nitrogens with zero attached hydrogens (tertiary/aromatic N) is 4. The molecule has 3 rings (SSSR count). The predicted molar refractivity (Wildman–Crippen MR) is 70.9 cm³/mol. The molecule has 0 aliphatic heterocycles. The molecule has 0 atom stereocenters. The standard InChI is InChI=1S/C13H15N5O/c1-2-7-14-8-10-9-19-13(15-10)18-12-6-4-3-5-11(12)16-17-18/h3-6,9,14H,2,7-8H2,1H3. The molecule has 0 unspecified atom stereocenters. The quantitative estimate of drug-likeness (QED) is 0.707. The van der Waals surface area contributed by atoms with E-state index in [1.54, 1.807) is 10.9 Å². The second-order valence-corrected chi connectivity index (χ2v) is 4.29. The first-order valence-corrected chi connectivity index (χ1v) is 6.34. The molecule has 0 bridgehead atoms. The average molecular weight is 257 g/mol. The topological polar surface area (TPSA) is 68.8 Å². The van der Waals surface area contributed by atoms with Crippen molar-refractivity contribution in [1.29, 1.82) is 0 Å². The summed E-state index contributed by atoms with van der Waals surface area (Å²) in [6.07, 6.45) is 2.74. The Labute approximate surface area is 110 Å². The van der Waals surface area contributed by atoms with E-state index in [9.17, 15) is 0 Å². The Morgan fingerprint density at radius 2 is 2.21 bits per heavy atom. The van der Waals surface area contributed by atoms with Gasteiger partial charge in [0.1, 0.15) is 11.8 Å². The maximum Gasteiger partial charge on any atom is 0.324 e. The van der Waals surface area contributed by atoms with Crippen LogP contribution in [0.2, 0.25) is 0 Å². The SMILES string of the molecule is CCCNCc1coc(-n2nnc3ccccc32)n1. The van der Waals surface area contributed by atoms with Gasteiger partial charge in [0.25, 0.3) is 0 Å². The predicted octanol–water partition coefficient (Wildman–Crippen LogP) is 1.91. The highest BCUT2D eigenvalue weighted by molar-refractivity contribution is 5.75. The number of aromatic nitrogens is 4. The summed E-state index contributed by atoms with van der Waals surface area (Å²) in [7, 11) is 0. The van der Waals surface area contributed by atoms with Gasteiger partial charge in [-0.15, -0.1) is 5.10 Å². The highest BCUT2D eigenvalue weighted by Gasteiger charge is 2.11. The van der Waals surface area contributed by atoms with Crippen LogP contribution in [0.5, 0.6) is 0 Å². The number of oxazole rings is 1. The summed E-state index contributed by atoms with van der Waals surface area (Å²) in [5.41, 5.74) is 2.58. The van der Waals surface area contributed by atoms with E-state index < -0.39 is 0 Å². The van der Waals surface area contributed by atoms with Gasteiger partial charge in [-0.1, -0.05) is 24.3 Å². The summed E-state index contributed by atoms with van der Waals surface area (Å²) in [4.78, 5) is 4.41. The first-order valence-electron chi connectivity index (χ1n) is 6.34. The lowest BCUT2D eigenvalue weighted by molar-refractivity contribution is 0.508. The third-order valence-electron chi connectivity index (χ3n) is 2.81. The molecule has 0 radical (unpaired) electrons. The normalized spacial score (nSPS) is 11.2. The summed E-state index contributed by atoms with van der Waals surface area (Å²) >= 11 is 0. The van der Waals surface area contributed by atoms with E-state index in [0.29, 0.717) is 12.6 Å². The summed E-state index contributed by atoms with van der Waals surface area (Å²) in [5.74, 6) is 0. The number of rotatable bonds is 5. The van der Waals surface area contributed by atoms with E-state index in [1.807, 2.05) is 24.3 Å². The molecule has 0 fully saturated rings. The molecule has 0 amide bonds. The lowest BCUT2D eigenvalue weighted by atomic mass is 10.3. The van der Waals surface area contributed by atoms with E-state index in [2.05, 4.69) is 27.5 Å². The lowest BCUT2D eigenvalue weighted by Gasteiger charge is -1.97. The highest BCUT2D eigenvalue weighted by Crippen LogP contribution is 2.15. The van der Waals surface area contributed by atoms with Gasteiger partial charge >= 0.3 is 6.01 Å². The fourth-order valence-electron chi connectivity index (χ4n) is 1.88. The molecule has 0 saturated carbocycles. The zero-order valence-electron chi connectivity index (χ0n) is 10.7. The van der Waals surface area contributed by atoms with Gasteiger partial charge in [-0.25, -0.2) is 0 Å². The van der Waals surface area contributed by atoms with Crippen molar-refractivity contribution >= 4 is 11.0 Å². The maximum atomic E-state index is 5.46. The molecule has 3 aromatic rings. The maximum absolute atomic E-state index is 5.46. The minimum absolute atomic E-state index is 0.446. The van der Waals surface area contributed by atoms with Crippen LogP contribution < -0.4 is 5.32 Å². The largest absolute Gasteiger partial charge is 0.430 e. The van der Waals surface area contributed by atoms with Crippen molar-refractivity contribution in [2.45, 2.75) is 19.9 Å². The molecule has 0 aliphatic rings. The van der Waals surface area contributed by atoms with Crippen LogP contribution in [0.25, 0.3) is 17.0 Å². The minimum atomic E-state index is 0.446. The Morgan fingerprint density at radius 1 is 1.32 bits per heavy atom.